The number of aromatic nitrogens is 1. The van der Waals surface area contributed by atoms with Crippen LogP contribution in [0.4, 0.5) is 10.8 Å². The summed E-state index contributed by atoms with van der Waals surface area (Å²) in [7, 11) is 3.04. The van der Waals surface area contributed by atoms with Crippen LogP contribution in [0.15, 0.2) is 36.4 Å². The lowest BCUT2D eigenvalue weighted by Gasteiger charge is -2.09. The zero-order chi connectivity index (χ0) is 18.7. The third-order valence-electron chi connectivity index (χ3n) is 3.58. The molecule has 3 aromatic rings. The minimum Gasteiger partial charge on any atom is -0.497 e. The number of carbonyl (C=O) groups is 2. The van der Waals surface area contributed by atoms with E-state index in [1.54, 1.807) is 37.4 Å². The highest BCUT2D eigenvalue weighted by Crippen LogP contribution is 2.30. The van der Waals surface area contributed by atoms with Crippen LogP contribution in [-0.2, 0) is 4.79 Å². The van der Waals surface area contributed by atoms with Gasteiger partial charge in [0.15, 0.2) is 5.13 Å². The van der Waals surface area contributed by atoms with Gasteiger partial charge in [-0.15, -0.1) is 0 Å². The number of ether oxygens (including phenoxy) is 2. The second-order valence-corrected chi connectivity index (χ2v) is 6.43. The van der Waals surface area contributed by atoms with Crippen molar-refractivity contribution >= 4 is 44.2 Å². The van der Waals surface area contributed by atoms with E-state index in [0.29, 0.717) is 27.9 Å². The third kappa shape index (κ3) is 3.75. The summed E-state index contributed by atoms with van der Waals surface area (Å²) in [5.74, 6) is 0.541. The molecule has 1 aromatic heterocycles. The van der Waals surface area contributed by atoms with Gasteiger partial charge in [-0.3, -0.25) is 14.9 Å². The Balaban J connectivity index is 1.84. The number of benzene rings is 2. The lowest BCUT2D eigenvalue weighted by molar-refractivity contribution is -0.114. The molecule has 7 nitrogen and oxygen atoms in total. The molecule has 0 unspecified atom stereocenters. The first-order chi connectivity index (χ1) is 12.5. The number of hydrogen-bond donors (Lipinski definition) is 2. The summed E-state index contributed by atoms with van der Waals surface area (Å²) in [6, 6.07) is 10.3. The van der Waals surface area contributed by atoms with E-state index in [2.05, 4.69) is 15.6 Å². The van der Waals surface area contributed by atoms with Gasteiger partial charge in [0.2, 0.25) is 5.91 Å². The highest BCUT2D eigenvalue weighted by molar-refractivity contribution is 7.22. The van der Waals surface area contributed by atoms with Crippen molar-refractivity contribution in [1.82, 2.24) is 4.98 Å². The fourth-order valence-electron chi connectivity index (χ4n) is 2.41. The van der Waals surface area contributed by atoms with Gasteiger partial charge in [0, 0.05) is 18.7 Å². The summed E-state index contributed by atoms with van der Waals surface area (Å²) in [5, 5.41) is 5.96. The zero-order valence-corrected chi connectivity index (χ0v) is 15.3. The van der Waals surface area contributed by atoms with Crippen LogP contribution in [0.1, 0.15) is 17.3 Å². The standard InChI is InChI=1S/C18H17N3O4S/c1-10(22)19-11-4-7-14-16(8-11)26-18(20-14)21-17(23)13-6-5-12(24-2)9-15(13)25-3/h4-9H,1-3H3,(H,19,22)(H,20,21,23). The van der Waals surface area contributed by atoms with Crippen LogP contribution in [0.25, 0.3) is 10.2 Å². The molecule has 26 heavy (non-hydrogen) atoms. The Morgan fingerprint density at radius 2 is 1.85 bits per heavy atom. The van der Waals surface area contributed by atoms with E-state index in [0.717, 1.165) is 10.2 Å². The first-order valence-corrected chi connectivity index (χ1v) is 8.53. The van der Waals surface area contributed by atoms with Crippen molar-refractivity contribution in [3.8, 4) is 11.5 Å². The number of thiazole rings is 1. The molecule has 2 amide bonds. The molecule has 1 heterocycles. The Kier molecular flexibility index (Phi) is 5.04. The van der Waals surface area contributed by atoms with E-state index in [1.165, 1.54) is 25.4 Å². The number of methoxy groups -OCH3 is 2. The quantitative estimate of drug-likeness (QED) is 0.716. The van der Waals surface area contributed by atoms with Gasteiger partial charge in [-0.1, -0.05) is 11.3 Å². The fourth-order valence-corrected chi connectivity index (χ4v) is 3.31. The Morgan fingerprint density at radius 1 is 1.04 bits per heavy atom. The van der Waals surface area contributed by atoms with E-state index < -0.39 is 0 Å². The average Bonchev–Trinajstić information content (AvgIpc) is 3.01. The molecule has 8 heteroatoms. The van der Waals surface area contributed by atoms with Crippen molar-refractivity contribution in [2.75, 3.05) is 24.9 Å². The largest absolute Gasteiger partial charge is 0.497 e. The SMILES string of the molecule is COc1ccc(C(=O)Nc2nc3ccc(NC(C)=O)cc3s2)c(OC)c1. The summed E-state index contributed by atoms with van der Waals surface area (Å²) >= 11 is 1.32. The lowest BCUT2D eigenvalue weighted by Crippen LogP contribution is -2.13. The highest BCUT2D eigenvalue weighted by atomic mass is 32.1. The molecule has 0 aliphatic rings. The van der Waals surface area contributed by atoms with Crippen LogP contribution in [0.2, 0.25) is 0 Å². The first kappa shape index (κ1) is 17.7. The summed E-state index contributed by atoms with van der Waals surface area (Å²) in [6.45, 7) is 1.45. The average molecular weight is 371 g/mol. The lowest BCUT2D eigenvalue weighted by atomic mass is 10.2. The Hall–Kier alpha value is -3.13. The second-order valence-electron chi connectivity index (χ2n) is 5.40. The maximum absolute atomic E-state index is 12.6. The number of amides is 2. The fraction of sp³-hybridized carbons (Fsp3) is 0.167. The molecule has 0 aliphatic heterocycles. The van der Waals surface area contributed by atoms with E-state index in [9.17, 15) is 9.59 Å². The zero-order valence-electron chi connectivity index (χ0n) is 14.5. The molecule has 0 saturated heterocycles. The topological polar surface area (TPSA) is 89.5 Å². The van der Waals surface area contributed by atoms with Gasteiger partial charge in [0.1, 0.15) is 11.5 Å². The van der Waals surface area contributed by atoms with E-state index in [-0.39, 0.29) is 11.8 Å². The number of nitrogens with one attached hydrogen (secondary N) is 2. The van der Waals surface area contributed by atoms with Crippen molar-refractivity contribution in [2.45, 2.75) is 6.92 Å². The van der Waals surface area contributed by atoms with Crippen LogP contribution in [0, 0.1) is 0 Å². The van der Waals surface area contributed by atoms with Crippen molar-refractivity contribution in [3.63, 3.8) is 0 Å². The smallest absolute Gasteiger partial charge is 0.261 e. The van der Waals surface area contributed by atoms with Crippen molar-refractivity contribution in [2.24, 2.45) is 0 Å². The Labute approximate surface area is 154 Å². The molecule has 2 aromatic carbocycles. The second kappa shape index (κ2) is 7.40. The third-order valence-corrected chi connectivity index (χ3v) is 4.52. The summed E-state index contributed by atoms with van der Waals surface area (Å²) in [5.41, 5.74) is 1.80. The Morgan fingerprint density at radius 3 is 2.54 bits per heavy atom. The molecule has 0 spiro atoms. The number of anilines is 2. The molecule has 0 fully saturated rings. The highest BCUT2D eigenvalue weighted by Gasteiger charge is 2.15. The normalized spacial score (nSPS) is 10.4. The molecular formula is C18H17N3O4S. The van der Waals surface area contributed by atoms with Crippen LogP contribution in [0.3, 0.4) is 0 Å². The monoisotopic (exact) mass is 371 g/mol. The maximum atomic E-state index is 12.6. The minimum atomic E-state index is -0.328. The van der Waals surface area contributed by atoms with Crippen molar-refractivity contribution in [3.05, 3.63) is 42.0 Å². The van der Waals surface area contributed by atoms with Gasteiger partial charge < -0.3 is 14.8 Å². The first-order valence-electron chi connectivity index (χ1n) is 7.71. The molecule has 2 N–H and O–H groups in total. The van der Waals surface area contributed by atoms with Crippen LogP contribution < -0.4 is 20.1 Å². The minimum absolute atomic E-state index is 0.144. The van der Waals surface area contributed by atoms with Crippen molar-refractivity contribution < 1.29 is 19.1 Å². The molecule has 0 atom stereocenters. The maximum Gasteiger partial charge on any atom is 0.261 e. The number of nitrogens with zero attached hydrogens (tertiary/aromatic N) is 1. The predicted octanol–water partition coefficient (Wildman–Crippen LogP) is 3.52. The molecule has 3 rings (SSSR count). The molecule has 0 bridgehead atoms. The van der Waals surface area contributed by atoms with Gasteiger partial charge in [-0.2, -0.15) is 0 Å². The van der Waals surface area contributed by atoms with Crippen LogP contribution >= 0.6 is 11.3 Å². The number of fused-ring (bicyclic) bond motifs is 1. The number of rotatable bonds is 5. The Bertz CT molecular complexity index is 984. The number of hydrogen-bond acceptors (Lipinski definition) is 6. The van der Waals surface area contributed by atoms with Gasteiger partial charge in [0.25, 0.3) is 5.91 Å². The summed E-state index contributed by atoms with van der Waals surface area (Å²) in [6.07, 6.45) is 0. The summed E-state index contributed by atoms with van der Waals surface area (Å²) < 4.78 is 11.3. The van der Waals surface area contributed by atoms with Gasteiger partial charge in [0.05, 0.1) is 30.0 Å². The van der Waals surface area contributed by atoms with Gasteiger partial charge in [-0.05, 0) is 30.3 Å². The van der Waals surface area contributed by atoms with Crippen molar-refractivity contribution in [1.29, 1.82) is 0 Å². The summed E-state index contributed by atoms with van der Waals surface area (Å²) in [4.78, 5) is 28.1. The van der Waals surface area contributed by atoms with Crippen LogP contribution in [-0.4, -0.2) is 31.0 Å². The molecule has 0 radical (unpaired) electrons. The van der Waals surface area contributed by atoms with Gasteiger partial charge in [-0.25, -0.2) is 4.98 Å². The molecule has 0 aliphatic carbocycles. The predicted molar refractivity (Wildman–Crippen MR) is 101 cm³/mol. The molecule has 134 valence electrons. The molecule has 0 saturated carbocycles. The van der Waals surface area contributed by atoms with E-state index in [4.69, 9.17) is 9.47 Å². The van der Waals surface area contributed by atoms with E-state index >= 15 is 0 Å². The number of carbonyl (C=O) groups excluding carboxylic acids is 2. The van der Waals surface area contributed by atoms with Gasteiger partial charge >= 0.3 is 0 Å². The van der Waals surface area contributed by atoms with Crippen LogP contribution in [0.5, 0.6) is 11.5 Å². The molecular weight excluding hydrogens is 354 g/mol. The van der Waals surface area contributed by atoms with E-state index in [1.807, 2.05) is 6.07 Å².